The van der Waals surface area contributed by atoms with Crippen LogP contribution in [-0.2, 0) is 0 Å². The number of rotatable bonds is 9. The fourth-order valence-corrected chi connectivity index (χ4v) is 2.09. The van der Waals surface area contributed by atoms with Gasteiger partial charge in [-0.2, -0.15) is 0 Å². The van der Waals surface area contributed by atoms with Gasteiger partial charge < -0.3 is 10.1 Å². The molecule has 2 heteroatoms. The molecule has 0 saturated carbocycles. The molecule has 0 radical (unpaired) electrons. The van der Waals surface area contributed by atoms with Gasteiger partial charge in [-0.25, -0.2) is 0 Å². The molecule has 1 unspecified atom stereocenters. The maximum absolute atomic E-state index is 5.86. The number of hydrogen-bond donors (Lipinski definition) is 1. The molecule has 0 spiro atoms. The molecule has 1 N–H and O–H groups in total. The van der Waals surface area contributed by atoms with Crippen LogP contribution in [-0.4, -0.2) is 19.2 Å². The van der Waals surface area contributed by atoms with Crippen molar-refractivity contribution >= 4 is 0 Å². The summed E-state index contributed by atoms with van der Waals surface area (Å²) in [5.41, 5.74) is 2.49. The maximum atomic E-state index is 5.86. The van der Waals surface area contributed by atoms with Gasteiger partial charge in [0.2, 0.25) is 0 Å². The van der Waals surface area contributed by atoms with Crippen LogP contribution in [0.15, 0.2) is 18.2 Å². The Morgan fingerprint density at radius 3 is 2.74 bits per heavy atom. The Labute approximate surface area is 118 Å². The minimum atomic E-state index is 0.626. The van der Waals surface area contributed by atoms with Crippen LogP contribution in [0.3, 0.4) is 0 Å². The molecule has 1 aromatic rings. The molecule has 1 rings (SSSR count). The van der Waals surface area contributed by atoms with E-state index in [0.29, 0.717) is 6.04 Å². The molecular formula is C17H29NO. The van der Waals surface area contributed by atoms with Crippen LogP contribution >= 0.6 is 0 Å². The average Bonchev–Trinajstić information content (AvgIpc) is 2.39. The lowest BCUT2D eigenvalue weighted by Crippen LogP contribution is -2.26. The van der Waals surface area contributed by atoms with Gasteiger partial charge in [0, 0.05) is 6.04 Å². The molecule has 0 fully saturated rings. The fraction of sp³-hybridized carbons (Fsp3) is 0.647. The summed E-state index contributed by atoms with van der Waals surface area (Å²) in [6.45, 7) is 10.6. The van der Waals surface area contributed by atoms with Gasteiger partial charge in [0.15, 0.2) is 0 Å². The third kappa shape index (κ3) is 6.63. The zero-order chi connectivity index (χ0) is 14.1. The van der Waals surface area contributed by atoms with Crippen molar-refractivity contribution in [3.63, 3.8) is 0 Å². The predicted molar refractivity (Wildman–Crippen MR) is 83.0 cm³/mol. The van der Waals surface area contributed by atoms with Crippen molar-refractivity contribution in [1.82, 2.24) is 5.32 Å². The highest BCUT2D eigenvalue weighted by Gasteiger charge is 2.02. The van der Waals surface area contributed by atoms with Crippen LogP contribution in [0.1, 0.15) is 50.7 Å². The lowest BCUT2D eigenvalue weighted by Gasteiger charge is -2.13. The second kappa shape index (κ2) is 8.98. The Morgan fingerprint density at radius 2 is 2.00 bits per heavy atom. The monoisotopic (exact) mass is 263 g/mol. The lowest BCUT2D eigenvalue weighted by atomic mass is 10.1. The zero-order valence-corrected chi connectivity index (χ0v) is 13.0. The van der Waals surface area contributed by atoms with Gasteiger partial charge in [0.25, 0.3) is 0 Å². The van der Waals surface area contributed by atoms with Gasteiger partial charge in [-0.1, -0.05) is 19.1 Å². The average molecular weight is 263 g/mol. The van der Waals surface area contributed by atoms with Crippen LogP contribution in [0.4, 0.5) is 0 Å². The van der Waals surface area contributed by atoms with Gasteiger partial charge >= 0.3 is 0 Å². The van der Waals surface area contributed by atoms with Gasteiger partial charge in [0.1, 0.15) is 5.75 Å². The SMILES string of the molecule is CCCNC(C)CCCCOc1cc(C)ccc1C. The Morgan fingerprint density at radius 1 is 1.21 bits per heavy atom. The van der Waals surface area contributed by atoms with Crippen molar-refractivity contribution in [3.05, 3.63) is 29.3 Å². The summed E-state index contributed by atoms with van der Waals surface area (Å²) in [6, 6.07) is 7.01. The van der Waals surface area contributed by atoms with Crippen LogP contribution in [0, 0.1) is 13.8 Å². The van der Waals surface area contributed by atoms with E-state index in [1.165, 1.54) is 30.4 Å². The van der Waals surface area contributed by atoms with Gasteiger partial charge in [-0.15, -0.1) is 0 Å². The minimum Gasteiger partial charge on any atom is -0.493 e. The highest BCUT2D eigenvalue weighted by molar-refractivity contribution is 5.35. The molecule has 1 atom stereocenters. The van der Waals surface area contributed by atoms with E-state index in [-0.39, 0.29) is 0 Å². The molecule has 0 bridgehead atoms. The summed E-state index contributed by atoms with van der Waals surface area (Å²) < 4.78 is 5.86. The van der Waals surface area contributed by atoms with Gasteiger partial charge in [-0.05, 0) is 70.2 Å². The minimum absolute atomic E-state index is 0.626. The topological polar surface area (TPSA) is 21.3 Å². The first-order valence-corrected chi connectivity index (χ1v) is 7.57. The fourth-order valence-electron chi connectivity index (χ4n) is 2.09. The van der Waals surface area contributed by atoms with Crippen molar-refractivity contribution in [3.8, 4) is 5.75 Å². The second-order valence-electron chi connectivity index (χ2n) is 5.47. The largest absolute Gasteiger partial charge is 0.493 e. The maximum Gasteiger partial charge on any atom is 0.122 e. The van der Waals surface area contributed by atoms with Gasteiger partial charge in [0.05, 0.1) is 6.61 Å². The van der Waals surface area contributed by atoms with Crippen molar-refractivity contribution in [2.75, 3.05) is 13.2 Å². The van der Waals surface area contributed by atoms with Crippen molar-refractivity contribution in [2.24, 2.45) is 0 Å². The lowest BCUT2D eigenvalue weighted by molar-refractivity contribution is 0.299. The number of aryl methyl sites for hydroxylation is 2. The van der Waals surface area contributed by atoms with Crippen LogP contribution in [0.25, 0.3) is 0 Å². The summed E-state index contributed by atoms with van der Waals surface area (Å²) in [7, 11) is 0. The highest BCUT2D eigenvalue weighted by Crippen LogP contribution is 2.19. The number of ether oxygens (including phenoxy) is 1. The van der Waals surface area contributed by atoms with E-state index in [2.05, 4.69) is 51.2 Å². The number of unbranched alkanes of at least 4 members (excludes halogenated alkanes) is 1. The van der Waals surface area contributed by atoms with Crippen LogP contribution in [0.2, 0.25) is 0 Å². The van der Waals surface area contributed by atoms with Crippen LogP contribution < -0.4 is 10.1 Å². The van der Waals surface area contributed by atoms with E-state index in [4.69, 9.17) is 4.74 Å². The molecule has 0 amide bonds. The third-order valence-electron chi connectivity index (χ3n) is 3.38. The van der Waals surface area contributed by atoms with Crippen molar-refractivity contribution in [2.45, 2.75) is 59.4 Å². The normalized spacial score (nSPS) is 12.4. The first-order valence-electron chi connectivity index (χ1n) is 7.57. The summed E-state index contributed by atoms with van der Waals surface area (Å²) in [6.07, 6.45) is 4.80. The molecular weight excluding hydrogens is 234 g/mol. The molecule has 0 heterocycles. The summed E-state index contributed by atoms with van der Waals surface area (Å²) >= 11 is 0. The molecule has 0 aliphatic rings. The van der Waals surface area contributed by atoms with Gasteiger partial charge in [-0.3, -0.25) is 0 Å². The smallest absolute Gasteiger partial charge is 0.122 e. The Kier molecular flexibility index (Phi) is 7.57. The number of hydrogen-bond acceptors (Lipinski definition) is 2. The standard InChI is InChI=1S/C17H29NO/c1-5-11-18-16(4)8-6-7-12-19-17-13-14(2)9-10-15(17)3/h9-10,13,16,18H,5-8,11-12H2,1-4H3. The predicted octanol–water partition coefficient (Wildman–Crippen LogP) is 4.24. The van der Waals surface area contributed by atoms with E-state index < -0.39 is 0 Å². The Bertz CT molecular complexity index is 362. The van der Waals surface area contributed by atoms with E-state index in [1.807, 2.05) is 0 Å². The molecule has 0 aromatic heterocycles. The quantitative estimate of drug-likeness (QED) is 0.673. The van der Waals surface area contributed by atoms with Crippen molar-refractivity contribution in [1.29, 1.82) is 0 Å². The number of nitrogens with one attached hydrogen (secondary N) is 1. The number of benzene rings is 1. The summed E-state index contributed by atoms with van der Waals surface area (Å²) in [5.74, 6) is 1.04. The molecule has 108 valence electrons. The summed E-state index contributed by atoms with van der Waals surface area (Å²) in [4.78, 5) is 0. The van der Waals surface area contributed by atoms with E-state index in [1.54, 1.807) is 0 Å². The van der Waals surface area contributed by atoms with E-state index in [0.717, 1.165) is 25.3 Å². The third-order valence-corrected chi connectivity index (χ3v) is 3.38. The molecule has 2 nitrogen and oxygen atoms in total. The molecule has 19 heavy (non-hydrogen) atoms. The van der Waals surface area contributed by atoms with Crippen molar-refractivity contribution < 1.29 is 4.74 Å². The first kappa shape index (κ1) is 16.0. The van der Waals surface area contributed by atoms with E-state index in [9.17, 15) is 0 Å². The summed E-state index contributed by atoms with van der Waals surface area (Å²) in [5, 5.41) is 3.52. The molecule has 0 aliphatic heterocycles. The van der Waals surface area contributed by atoms with E-state index >= 15 is 0 Å². The zero-order valence-electron chi connectivity index (χ0n) is 13.0. The second-order valence-corrected chi connectivity index (χ2v) is 5.47. The molecule has 1 aromatic carbocycles. The Balaban J connectivity index is 2.15. The highest BCUT2D eigenvalue weighted by atomic mass is 16.5. The molecule has 0 saturated heterocycles. The Hall–Kier alpha value is -1.02. The van der Waals surface area contributed by atoms with Crippen LogP contribution in [0.5, 0.6) is 5.75 Å². The first-order chi connectivity index (χ1) is 9.13. The molecule has 0 aliphatic carbocycles.